The third kappa shape index (κ3) is 2.69. The minimum absolute atomic E-state index is 0.0845. The standard InChI is InChI=1S/C10H14ClNO/c1-2-13-10(7-12)8-5-3-4-6-9(8)11/h3-6,10H,2,7,12H2,1H3/t10-/m1/s1. The monoisotopic (exact) mass is 199 g/mol. The van der Waals surface area contributed by atoms with Gasteiger partial charge in [-0.05, 0) is 13.0 Å². The fourth-order valence-corrected chi connectivity index (χ4v) is 1.48. The molecule has 1 aromatic rings. The van der Waals surface area contributed by atoms with Crippen molar-refractivity contribution in [2.45, 2.75) is 13.0 Å². The van der Waals surface area contributed by atoms with Crippen molar-refractivity contribution in [2.75, 3.05) is 13.2 Å². The number of rotatable bonds is 4. The van der Waals surface area contributed by atoms with Gasteiger partial charge in [-0.15, -0.1) is 0 Å². The van der Waals surface area contributed by atoms with Crippen LogP contribution in [0.4, 0.5) is 0 Å². The molecule has 1 rings (SSSR count). The lowest BCUT2D eigenvalue weighted by molar-refractivity contribution is 0.0689. The van der Waals surface area contributed by atoms with Gasteiger partial charge in [0.05, 0.1) is 6.10 Å². The van der Waals surface area contributed by atoms with Gasteiger partial charge in [0.25, 0.3) is 0 Å². The van der Waals surface area contributed by atoms with Gasteiger partial charge in [0.2, 0.25) is 0 Å². The summed E-state index contributed by atoms with van der Waals surface area (Å²) in [5.41, 5.74) is 6.54. The highest BCUT2D eigenvalue weighted by atomic mass is 35.5. The lowest BCUT2D eigenvalue weighted by atomic mass is 10.1. The molecule has 0 amide bonds. The molecule has 0 aliphatic rings. The Bertz CT molecular complexity index is 265. The summed E-state index contributed by atoms with van der Waals surface area (Å²) in [5.74, 6) is 0. The molecule has 0 fully saturated rings. The Morgan fingerprint density at radius 3 is 2.69 bits per heavy atom. The van der Waals surface area contributed by atoms with E-state index in [4.69, 9.17) is 22.1 Å². The Labute approximate surface area is 83.6 Å². The zero-order valence-electron chi connectivity index (χ0n) is 7.66. The highest BCUT2D eigenvalue weighted by molar-refractivity contribution is 6.31. The largest absolute Gasteiger partial charge is 0.372 e. The molecule has 0 bridgehead atoms. The van der Waals surface area contributed by atoms with Crippen molar-refractivity contribution in [3.63, 3.8) is 0 Å². The van der Waals surface area contributed by atoms with E-state index < -0.39 is 0 Å². The summed E-state index contributed by atoms with van der Waals surface area (Å²) in [6, 6.07) is 7.61. The highest BCUT2D eigenvalue weighted by Crippen LogP contribution is 2.24. The summed E-state index contributed by atoms with van der Waals surface area (Å²) in [7, 11) is 0. The van der Waals surface area contributed by atoms with Crippen molar-refractivity contribution in [2.24, 2.45) is 5.73 Å². The Balaban J connectivity index is 2.84. The maximum Gasteiger partial charge on any atom is 0.0961 e. The first kappa shape index (κ1) is 10.5. The molecular formula is C10H14ClNO. The molecule has 3 heteroatoms. The maximum atomic E-state index is 6.00. The predicted molar refractivity (Wildman–Crippen MR) is 54.9 cm³/mol. The van der Waals surface area contributed by atoms with Crippen LogP contribution in [0.15, 0.2) is 24.3 Å². The molecular weight excluding hydrogens is 186 g/mol. The number of nitrogens with two attached hydrogens (primary N) is 1. The van der Waals surface area contributed by atoms with Crippen molar-refractivity contribution >= 4 is 11.6 Å². The molecule has 0 aliphatic carbocycles. The zero-order chi connectivity index (χ0) is 9.68. The fraction of sp³-hybridized carbons (Fsp3) is 0.400. The first-order chi connectivity index (χ1) is 6.29. The molecule has 0 spiro atoms. The van der Waals surface area contributed by atoms with Gasteiger partial charge in [-0.25, -0.2) is 0 Å². The van der Waals surface area contributed by atoms with E-state index in [0.717, 1.165) is 5.56 Å². The van der Waals surface area contributed by atoms with E-state index in [0.29, 0.717) is 18.2 Å². The van der Waals surface area contributed by atoms with Gasteiger partial charge in [-0.3, -0.25) is 0 Å². The van der Waals surface area contributed by atoms with E-state index in [1.165, 1.54) is 0 Å². The lowest BCUT2D eigenvalue weighted by Crippen LogP contribution is -2.16. The summed E-state index contributed by atoms with van der Waals surface area (Å²) in [6.07, 6.45) is -0.0845. The lowest BCUT2D eigenvalue weighted by Gasteiger charge is -2.16. The Morgan fingerprint density at radius 1 is 1.46 bits per heavy atom. The smallest absolute Gasteiger partial charge is 0.0961 e. The molecule has 1 atom stereocenters. The third-order valence-corrected chi connectivity index (χ3v) is 2.18. The average Bonchev–Trinajstić information content (AvgIpc) is 2.16. The van der Waals surface area contributed by atoms with Crippen LogP contribution >= 0.6 is 11.6 Å². The van der Waals surface area contributed by atoms with Crippen LogP contribution < -0.4 is 5.73 Å². The van der Waals surface area contributed by atoms with Crippen LogP contribution in [0.1, 0.15) is 18.6 Å². The van der Waals surface area contributed by atoms with Crippen LogP contribution in [0.3, 0.4) is 0 Å². The topological polar surface area (TPSA) is 35.2 Å². The van der Waals surface area contributed by atoms with Crippen LogP contribution in [0.2, 0.25) is 5.02 Å². The normalized spacial score (nSPS) is 12.8. The first-order valence-corrected chi connectivity index (χ1v) is 4.73. The van der Waals surface area contributed by atoms with Crippen LogP contribution in [0.25, 0.3) is 0 Å². The third-order valence-electron chi connectivity index (χ3n) is 1.83. The molecule has 2 N–H and O–H groups in total. The van der Waals surface area contributed by atoms with E-state index in [1.807, 2.05) is 31.2 Å². The van der Waals surface area contributed by atoms with E-state index in [2.05, 4.69) is 0 Å². The van der Waals surface area contributed by atoms with Crippen molar-refractivity contribution < 1.29 is 4.74 Å². The van der Waals surface area contributed by atoms with E-state index in [1.54, 1.807) is 0 Å². The van der Waals surface area contributed by atoms with Gasteiger partial charge in [-0.1, -0.05) is 29.8 Å². The van der Waals surface area contributed by atoms with E-state index >= 15 is 0 Å². The van der Waals surface area contributed by atoms with Gasteiger partial charge < -0.3 is 10.5 Å². The number of hydrogen-bond donors (Lipinski definition) is 1. The number of ether oxygens (including phenoxy) is 1. The molecule has 0 aliphatic heterocycles. The summed E-state index contributed by atoms with van der Waals surface area (Å²) in [4.78, 5) is 0. The molecule has 0 heterocycles. The fourth-order valence-electron chi connectivity index (χ4n) is 1.22. The second kappa shape index (κ2) is 5.22. The first-order valence-electron chi connectivity index (χ1n) is 4.35. The molecule has 13 heavy (non-hydrogen) atoms. The predicted octanol–water partition coefficient (Wildman–Crippen LogP) is 2.38. The zero-order valence-corrected chi connectivity index (χ0v) is 8.42. The van der Waals surface area contributed by atoms with Crippen LogP contribution in [0.5, 0.6) is 0 Å². The van der Waals surface area contributed by atoms with Gasteiger partial charge in [0, 0.05) is 23.7 Å². The van der Waals surface area contributed by atoms with E-state index in [-0.39, 0.29) is 6.10 Å². The maximum absolute atomic E-state index is 6.00. The Kier molecular flexibility index (Phi) is 4.22. The Morgan fingerprint density at radius 2 is 2.15 bits per heavy atom. The number of halogens is 1. The molecule has 0 unspecified atom stereocenters. The summed E-state index contributed by atoms with van der Waals surface area (Å²) >= 11 is 6.00. The molecule has 72 valence electrons. The second-order valence-corrected chi connectivity index (χ2v) is 3.11. The molecule has 1 aromatic carbocycles. The van der Waals surface area contributed by atoms with Crippen molar-refractivity contribution in [3.8, 4) is 0 Å². The molecule has 0 saturated heterocycles. The number of hydrogen-bond acceptors (Lipinski definition) is 2. The van der Waals surface area contributed by atoms with Gasteiger partial charge in [-0.2, -0.15) is 0 Å². The highest BCUT2D eigenvalue weighted by Gasteiger charge is 2.11. The van der Waals surface area contributed by atoms with Crippen molar-refractivity contribution in [3.05, 3.63) is 34.9 Å². The summed E-state index contributed by atoms with van der Waals surface area (Å²) in [6.45, 7) is 3.05. The summed E-state index contributed by atoms with van der Waals surface area (Å²) < 4.78 is 5.45. The number of benzene rings is 1. The molecule has 0 aromatic heterocycles. The van der Waals surface area contributed by atoms with Crippen LogP contribution in [-0.4, -0.2) is 13.2 Å². The van der Waals surface area contributed by atoms with Crippen LogP contribution in [-0.2, 0) is 4.74 Å². The SMILES string of the molecule is CCO[C@H](CN)c1ccccc1Cl. The molecule has 2 nitrogen and oxygen atoms in total. The average molecular weight is 200 g/mol. The summed E-state index contributed by atoms with van der Waals surface area (Å²) in [5, 5.41) is 0.714. The van der Waals surface area contributed by atoms with Crippen LogP contribution in [0, 0.1) is 0 Å². The van der Waals surface area contributed by atoms with Crippen molar-refractivity contribution in [1.82, 2.24) is 0 Å². The quantitative estimate of drug-likeness (QED) is 0.808. The van der Waals surface area contributed by atoms with Gasteiger partial charge >= 0.3 is 0 Å². The molecule has 0 radical (unpaired) electrons. The van der Waals surface area contributed by atoms with Crippen molar-refractivity contribution in [1.29, 1.82) is 0 Å². The minimum atomic E-state index is -0.0845. The van der Waals surface area contributed by atoms with Gasteiger partial charge in [0.1, 0.15) is 0 Å². The Hall–Kier alpha value is -0.570. The molecule has 0 saturated carbocycles. The minimum Gasteiger partial charge on any atom is -0.372 e. The second-order valence-electron chi connectivity index (χ2n) is 2.70. The van der Waals surface area contributed by atoms with E-state index in [9.17, 15) is 0 Å². The van der Waals surface area contributed by atoms with Gasteiger partial charge in [0.15, 0.2) is 0 Å².